The van der Waals surface area contributed by atoms with Gasteiger partial charge in [0, 0.05) is 17.8 Å². The van der Waals surface area contributed by atoms with Gasteiger partial charge in [0.15, 0.2) is 0 Å². The summed E-state index contributed by atoms with van der Waals surface area (Å²) in [5.74, 6) is -0.403. The van der Waals surface area contributed by atoms with E-state index in [0.717, 1.165) is 5.56 Å². The number of nitrogens with one attached hydrogen (secondary N) is 3. The summed E-state index contributed by atoms with van der Waals surface area (Å²) < 4.78 is 15.4. The van der Waals surface area contributed by atoms with Crippen LogP contribution >= 0.6 is 0 Å². The summed E-state index contributed by atoms with van der Waals surface area (Å²) in [7, 11) is 0. The van der Waals surface area contributed by atoms with Crippen LogP contribution in [0.25, 0.3) is 0 Å². The van der Waals surface area contributed by atoms with Crippen LogP contribution in [-0.4, -0.2) is 21.7 Å². The van der Waals surface area contributed by atoms with Crippen molar-refractivity contribution in [1.82, 2.24) is 20.6 Å². The number of rotatable bonds is 5. The van der Waals surface area contributed by atoms with E-state index in [-0.39, 0.29) is 23.8 Å². The number of anilines is 1. The molecule has 1 saturated heterocycles. The van der Waals surface area contributed by atoms with Gasteiger partial charge in [0.25, 0.3) is 0 Å². The highest BCUT2D eigenvalue weighted by Crippen LogP contribution is 2.23. The first kappa shape index (κ1) is 18.3. The fourth-order valence-electron chi connectivity index (χ4n) is 3.29. The van der Waals surface area contributed by atoms with Crippen LogP contribution in [0.15, 0.2) is 60.9 Å². The molecule has 3 aromatic rings. The fourth-order valence-corrected chi connectivity index (χ4v) is 3.29. The van der Waals surface area contributed by atoms with E-state index in [1.165, 1.54) is 11.6 Å². The highest BCUT2D eigenvalue weighted by atomic mass is 19.1. The quantitative estimate of drug-likeness (QED) is 0.638. The Hall–Kier alpha value is -3.03. The number of aromatic nitrogens is 2. The van der Waals surface area contributed by atoms with Gasteiger partial charge in [-0.15, -0.1) is 0 Å². The second-order valence-electron chi connectivity index (χ2n) is 7.05. The molecule has 2 heterocycles. The number of aryl methyl sites for hydroxylation is 1. The Labute approximate surface area is 162 Å². The maximum Gasteiger partial charge on any atom is 0.243 e. The zero-order valence-electron chi connectivity index (χ0n) is 15.5. The molecular weight excluding hydrogens is 357 g/mol. The Morgan fingerprint density at radius 1 is 1.21 bits per heavy atom. The number of hydrazine groups is 1. The Kier molecular flexibility index (Phi) is 5.18. The van der Waals surface area contributed by atoms with E-state index in [2.05, 4.69) is 45.5 Å². The largest absolute Gasteiger partial charge is 0.322 e. The number of nitrogens with zero attached hydrogens (tertiary/aromatic N) is 2. The number of carbonyl (C=O) groups is 1. The molecule has 28 heavy (non-hydrogen) atoms. The van der Waals surface area contributed by atoms with E-state index in [1.807, 2.05) is 6.92 Å². The predicted molar refractivity (Wildman–Crippen MR) is 105 cm³/mol. The minimum absolute atomic E-state index is 0.0835. The van der Waals surface area contributed by atoms with Crippen LogP contribution in [0.3, 0.4) is 0 Å². The molecule has 2 aromatic carbocycles. The van der Waals surface area contributed by atoms with Crippen LogP contribution in [-0.2, 0) is 11.3 Å². The molecular formula is C21H22FN5O. The lowest BCUT2D eigenvalue weighted by molar-refractivity contribution is -0.117. The molecule has 2 unspecified atom stereocenters. The Bertz CT molecular complexity index is 969. The molecule has 1 fully saturated rings. The van der Waals surface area contributed by atoms with Gasteiger partial charge in [-0.25, -0.2) is 15.2 Å². The van der Waals surface area contributed by atoms with Crippen molar-refractivity contribution in [1.29, 1.82) is 0 Å². The lowest BCUT2D eigenvalue weighted by atomic mass is 10.0. The van der Waals surface area contributed by atoms with Crippen LogP contribution in [0.5, 0.6) is 0 Å². The normalized spacial score (nSPS) is 18.9. The van der Waals surface area contributed by atoms with Crippen LogP contribution < -0.4 is 16.2 Å². The molecule has 0 radical (unpaired) electrons. The van der Waals surface area contributed by atoms with Gasteiger partial charge < -0.3 is 5.32 Å². The second kappa shape index (κ2) is 7.92. The third kappa shape index (κ3) is 4.11. The summed E-state index contributed by atoms with van der Waals surface area (Å²) in [6, 6.07) is 14.6. The number of halogens is 1. The molecule has 1 aromatic heterocycles. The molecule has 1 aliphatic heterocycles. The fraction of sp³-hybridized carbons (Fsp3) is 0.238. The molecule has 1 amide bonds. The van der Waals surface area contributed by atoms with Gasteiger partial charge in [-0.2, -0.15) is 5.10 Å². The van der Waals surface area contributed by atoms with Gasteiger partial charge in [0.2, 0.25) is 5.91 Å². The van der Waals surface area contributed by atoms with Crippen LogP contribution in [0.2, 0.25) is 0 Å². The van der Waals surface area contributed by atoms with E-state index in [1.54, 1.807) is 35.3 Å². The maximum atomic E-state index is 13.8. The van der Waals surface area contributed by atoms with Gasteiger partial charge in [0.05, 0.1) is 18.4 Å². The third-order valence-electron chi connectivity index (χ3n) is 4.89. The van der Waals surface area contributed by atoms with E-state index in [9.17, 15) is 9.18 Å². The van der Waals surface area contributed by atoms with Crippen molar-refractivity contribution in [2.75, 3.05) is 5.32 Å². The molecule has 6 nitrogen and oxygen atoms in total. The Balaban J connectivity index is 1.35. The first-order valence-corrected chi connectivity index (χ1v) is 9.23. The highest BCUT2D eigenvalue weighted by Gasteiger charge is 2.30. The molecule has 0 saturated carbocycles. The van der Waals surface area contributed by atoms with Crippen molar-refractivity contribution >= 4 is 11.6 Å². The number of benzene rings is 2. The molecule has 1 aliphatic rings. The highest BCUT2D eigenvalue weighted by molar-refractivity contribution is 5.94. The summed E-state index contributed by atoms with van der Waals surface area (Å²) in [4.78, 5) is 12.6. The number of amides is 1. The minimum atomic E-state index is -0.346. The summed E-state index contributed by atoms with van der Waals surface area (Å²) >= 11 is 0. The second-order valence-corrected chi connectivity index (χ2v) is 7.05. The first-order chi connectivity index (χ1) is 13.6. The van der Waals surface area contributed by atoms with Crippen molar-refractivity contribution in [2.24, 2.45) is 0 Å². The van der Waals surface area contributed by atoms with Crippen molar-refractivity contribution in [3.8, 4) is 0 Å². The zero-order chi connectivity index (χ0) is 19.5. The summed E-state index contributed by atoms with van der Waals surface area (Å²) in [5, 5.41) is 7.07. The smallest absolute Gasteiger partial charge is 0.243 e. The minimum Gasteiger partial charge on any atom is -0.322 e. The number of carbonyl (C=O) groups excluding carboxylic acids is 1. The average Bonchev–Trinajstić information content (AvgIpc) is 3.34. The SMILES string of the molecule is Cc1ccc(C2CC(C(=O)Nc3cnn(Cc4ccccc4F)c3)NN2)cc1. The molecule has 2 atom stereocenters. The molecule has 0 spiro atoms. The van der Waals surface area contributed by atoms with Gasteiger partial charge in [0.1, 0.15) is 11.9 Å². The van der Waals surface area contributed by atoms with Gasteiger partial charge in [-0.3, -0.25) is 9.48 Å². The predicted octanol–water partition coefficient (Wildman–Crippen LogP) is 2.93. The van der Waals surface area contributed by atoms with Crippen LogP contribution in [0.4, 0.5) is 10.1 Å². The van der Waals surface area contributed by atoms with Crippen LogP contribution in [0, 0.1) is 12.7 Å². The summed E-state index contributed by atoms with van der Waals surface area (Å²) in [5.41, 5.74) is 9.72. The van der Waals surface area contributed by atoms with Gasteiger partial charge in [-0.1, -0.05) is 48.0 Å². The molecule has 0 bridgehead atoms. The van der Waals surface area contributed by atoms with Gasteiger partial charge in [-0.05, 0) is 25.0 Å². The number of hydrogen-bond donors (Lipinski definition) is 3. The maximum absolute atomic E-state index is 13.8. The van der Waals surface area contributed by atoms with E-state index < -0.39 is 0 Å². The molecule has 7 heteroatoms. The van der Waals surface area contributed by atoms with Crippen molar-refractivity contribution in [3.05, 3.63) is 83.4 Å². The Morgan fingerprint density at radius 2 is 2.00 bits per heavy atom. The molecule has 144 valence electrons. The van der Waals surface area contributed by atoms with E-state index in [4.69, 9.17) is 0 Å². The lowest BCUT2D eigenvalue weighted by Crippen LogP contribution is -2.39. The van der Waals surface area contributed by atoms with Crippen molar-refractivity contribution < 1.29 is 9.18 Å². The Morgan fingerprint density at radius 3 is 2.79 bits per heavy atom. The lowest BCUT2D eigenvalue weighted by Gasteiger charge is -2.10. The summed E-state index contributed by atoms with van der Waals surface area (Å²) in [6.45, 7) is 2.36. The van der Waals surface area contributed by atoms with E-state index in [0.29, 0.717) is 24.2 Å². The standard InChI is InChI=1S/C21H22FN5O/c1-14-6-8-15(9-7-14)19-10-20(26-25-19)21(28)24-17-11-23-27(13-17)12-16-4-2-3-5-18(16)22/h2-9,11,13,19-20,25-26H,10,12H2,1H3,(H,24,28). The van der Waals surface area contributed by atoms with E-state index >= 15 is 0 Å². The summed E-state index contributed by atoms with van der Waals surface area (Å²) in [6.07, 6.45) is 3.92. The molecule has 3 N–H and O–H groups in total. The first-order valence-electron chi connectivity index (χ1n) is 9.23. The molecule has 0 aliphatic carbocycles. The monoisotopic (exact) mass is 379 g/mol. The van der Waals surface area contributed by atoms with Crippen molar-refractivity contribution in [3.63, 3.8) is 0 Å². The van der Waals surface area contributed by atoms with Crippen molar-refractivity contribution in [2.45, 2.75) is 32.0 Å². The van der Waals surface area contributed by atoms with Gasteiger partial charge >= 0.3 is 0 Å². The van der Waals surface area contributed by atoms with Crippen LogP contribution in [0.1, 0.15) is 29.2 Å². The zero-order valence-corrected chi connectivity index (χ0v) is 15.5. The molecule has 4 rings (SSSR count). The average molecular weight is 379 g/mol. The third-order valence-corrected chi connectivity index (χ3v) is 4.89. The number of hydrogen-bond acceptors (Lipinski definition) is 4. The topological polar surface area (TPSA) is 71.0 Å².